The molecule has 130 valence electrons. The fourth-order valence-electron chi connectivity index (χ4n) is 2.41. The molecule has 0 fully saturated rings. The van der Waals surface area contributed by atoms with Gasteiger partial charge in [0.15, 0.2) is 6.61 Å². The lowest BCUT2D eigenvalue weighted by Crippen LogP contribution is -2.19. The van der Waals surface area contributed by atoms with Crippen LogP contribution >= 0.6 is 0 Å². The van der Waals surface area contributed by atoms with Crippen molar-refractivity contribution in [3.05, 3.63) is 59.9 Å². The first-order valence-electron chi connectivity index (χ1n) is 7.64. The molecule has 3 aromatic rings. The zero-order valence-electron chi connectivity index (χ0n) is 13.5. The largest absolute Gasteiger partial charge is 0.484 e. The van der Waals surface area contributed by atoms with Crippen molar-refractivity contribution in [1.29, 1.82) is 0 Å². The van der Waals surface area contributed by atoms with Gasteiger partial charge in [-0.05, 0) is 36.8 Å². The number of rotatable bonds is 5. The number of hydrogen-bond donors (Lipinski definition) is 1. The Labute approximate surface area is 142 Å². The Kier molecular flexibility index (Phi) is 4.74. The number of fused-ring (bicyclic) bond motifs is 1. The number of hydrogen-bond acceptors (Lipinski definition) is 4. The topological polar surface area (TPSA) is 47.0 Å². The predicted molar refractivity (Wildman–Crippen MR) is 89.6 cm³/mol. The Bertz CT molecular complexity index is 881. The van der Waals surface area contributed by atoms with Crippen molar-refractivity contribution < 1.29 is 17.9 Å². The summed E-state index contributed by atoms with van der Waals surface area (Å²) in [6.45, 7) is 1.08. The Hall–Kier alpha value is -2.83. The number of aromatic nitrogens is 2. The third-order valence-corrected chi connectivity index (χ3v) is 3.55. The van der Waals surface area contributed by atoms with Crippen LogP contribution in [-0.2, 0) is 6.54 Å². The van der Waals surface area contributed by atoms with Gasteiger partial charge in [0.25, 0.3) is 0 Å². The Morgan fingerprint density at radius 1 is 1.08 bits per heavy atom. The van der Waals surface area contributed by atoms with Crippen LogP contribution in [0.5, 0.6) is 5.75 Å². The van der Waals surface area contributed by atoms with Crippen molar-refractivity contribution in [3.63, 3.8) is 0 Å². The third-order valence-electron chi connectivity index (χ3n) is 3.55. The minimum absolute atomic E-state index is 0.181. The highest BCUT2D eigenvalue weighted by Crippen LogP contribution is 2.22. The second kappa shape index (κ2) is 6.96. The van der Waals surface area contributed by atoms with Crippen molar-refractivity contribution >= 4 is 16.7 Å². The van der Waals surface area contributed by atoms with Crippen LogP contribution in [-0.4, -0.2) is 22.8 Å². The zero-order valence-corrected chi connectivity index (χ0v) is 13.5. The summed E-state index contributed by atoms with van der Waals surface area (Å²) in [6, 6.07) is 12.4. The van der Waals surface area contributed by atoms with Crippen molar-refractivity contribution in [2.75, 3.05) is 11.9 Å². The van der Waals surface area contributed by atoms with E-state index in [0.717, 1.165) is 22.0 Å². The van der Waals surface area contributed by atoms with Crippen molar-refractivity contribution in [2.24, 2.45) is 0 Å². The van der Waals surface area contributed by atoms with Gasteiger partial charge >= 0.3 is 6.18 Å². The van der Waals surface area contributed by atoms with Gasteiger partial charge in [0.05, 0.1) is 5.52 Å². The van der Waals surface area contributed by atoms with Crippen molar-refractivity contribution in [2.45, 2.75) is 19.6 Å². The molecule has 0 aliphatic rings. The number of nitrogens with zero attached hydrogens (tertiary/aromatic N) is 2. The van der Waals surface area contributed by atoms with Crippen LogP contribution < -0.4 is 10.1 Å². The molecule has 0 unspecified atom stereocenters. The second-order valence-electron chi connectivity index (χ2n) is 5.65. The molecule has 25 heavy (non-hydrogen) atoms. The van der Waals surface area contributed by atoms with E-state index >= 15 is 0 Å². The normalized spacial score (nSPS) is 11.5. The summed E-state index contributed by atoms with van der Waals surface area (Å²) >= 11 is 0. The van der Waals surface area contributed by atoms with Crippen LogP contribution in [0.4, 0.5) is 19.0 Å². The van der Waals surface area contributed by atoms with Gasteiger partial charge in [0, 0.05) is 11.9 Å². The van der Waals surface area contributed by atoms with Gasteiger partial charge in [0.1, 0.15) is 17.9 Å². The lowest BCUT2D eigenvalue weighted by Gasteiger charge is -2.12. The molecule has 1 heterocycles. The Balaban J connectivity index is 1.73. The molecule has 0 spiro atoms. The number of halogens is 3. The molecule has 1 N–H and O–H groups in total. The SMILES string of the molecule is Cc1ccc2ncnc(NCc3cccc(OCC(F)(F)F)c3)c2c1. The minimum Gasteiger partial charge on any atom is -0.484 e. The maximum Gasteiger partial charge on any atom is 0.422 e. The first kappa shape index (κ1) is 17.0. The van der Waals surface area contributed by atoms with E-state index in [1.165, 1.54) is 12.4 Å². The van der Waals surface area contributed by atoms with Gasteiger partial charge in [-0.3, -0.25) is 0 Å². The first-order chi connectivity index (χ1) is 11.9. The minimum atomic E-state index is -4.36. The van der Waals surface area contributed by atoms with E-state index in [2.05, 4.69) is 15.3 Å². The summed E-state index contributed by atoms with van der Waals surface area (Å²) in [5.74, 6) is 0.857. The average Bonchev–Trinajstić information content (AvgIpc) is 2.58. The van der Waals surface area contributed by atoms with Crippen LogP contribution in [0.25, 0.3) is 10.9 Å². The fraction of sp³-hybridized carbons (Fsp3) is 0.222. The van der Waals surface area contributed by atoms with Crippen molar-refractivity contribution in [1.82, 2.24) is 9.97 Å². The van der Waals surface area contributed by atoms with Gasteiger partial charge in [-0.25, -0.2) is 9.97 Å². The average molecular weight is 347 g/mol. The molecule has 0 saturated heterocycles. The number of nitrogens with one attached hydrogen (secondary N) is 1. The summed E-state index contributed by atoms with van der Waals surface area (Å²) in [7, 11) is 0. The quantitative estimate of drug-likeness (QED) is 0.739. The highest BCUT2D eigenvalue weighted by Gasteiger charge is 2.28. The highest BCUT2D eigenvalue weighted by atomic mass is 19.4. The number of anilines is 1. The molecule has 3 rings (SSSR count). The Morgan fingerprint density at radius 3 is 2.72 bits per heavy atom. The monoisotopic (exact) mass is 347 g/mol. The maximum absolute atomic E-state index is 12.2. The molecular weight excluding hydrogens is 331 g/mol. The van der Waals surface area contributed by atoms with E-state index in [-0.39, 0.29) is 5.75 Å². The molecule has 0 atom stereocenters. The van der Waals surface area contributed by atoms with E-state index in [0.29, 0.717) is 12.4 Å². The lowest BCUT2D eigenvalue weighted by atomic mass is 10.1. The van der Waals surface area contributed by atoms with E-state index in [1.54, 1.807) is 12.1 Å². The number of benzene rings is 2. The summed E-state index contributed by atoms with van der Waals surface area (Å²) in [5, 5.41) is 4.10. The van der Waals surface area contributed by atoms with Crippen molar-refractivity contribution in [3.8, 4) is 5.75 Å². The smallest absolute Gasteiger partial charge is 0.422 e. The molecule has 4 nitrogen and oxygen atoms in total. The standard InChI is InChI=1S/C18H16F3N3O/c1-12-5-6-16-15(7-12)17(24-11-23-16)22-9-13-3-2-4-14(8-13)25-10-18(19,20)21/h2-8,11H,9-10H2,1H3,(H,22,23,24). The fourth-order valence-corrected chi connectivity index (χ4v) is 2.41. The molecule has 0 radical (unpaired) electrons. The third kappa shape index (κ3) is 4.59. The van der Waals surface area contributed by atoms with E-state index in [1.807, 2.05) is 31.2 Å². The van der Waals surface area contributed by atoms with Gasteiger partial charge in [0.2, 0.25) is 0 Å². The summed E-state index contributed by atoms with van der Waals surface area (Å²) in [6.07, 6.45) is -2.88. The first-order valence-corrected chi connectivity index (χ1v) is 7.64. The van der Waals surface area contributed by atoms with Gasteiger partial charge in [-0.2, -0.15) is 13.2 Å². The molecule has 0 aliphatic carbocycles. The molecule has 0 bridgehead atoms. The maximum atomic E-state index is 12.2. The van der Waals surface area contributed by atoms with Gasteiger partial charge in [-0.15, -0.1) is 0 Å². The van der Waals surface area contributed by atoms with E-state index in [4.69, 9.17) is 4.74 Å². The van der Waals surface area contributed by atoms with Gasteiger partial charge in [-0.1, -0.05) is 23.8 Å². The molecule has 0 saturated carbocycles. The summed E-state index contributed by atoms with van der Waals surface area (Å²) in [4.78, 5) is 8.47. The molecule has 0 amide bonds. The van der Waals surface area contributed by atoms with Crippen LogP contribution in [0.3, 0.4) is 0 Å². The number of aryl methyl sites for hydroxylation is 1. The van der Waals surface area contributed by atoms with Crippen LogP contribution in [0.15, 0.2) is 48.8 Å². The zero-order chi connectivity index (χ0) is 17.9. The molecule has 0 aliphatic heterocycles. The molecule has 2 aromatic carbocycles. The summed E-state index contributed by atoms with van der Waals surface area (Å²) in [5.41, 5.74) is 2.71. The second-order valence-corrected chi connectivity index (χ2v) is 5.65. The van der Waals surface area contributed by atoms with E-state index < -0.39 is 12.8 Å². The van der Waals surface area contributed by atoms with Gasteiger partial charge < -0.3 is 10.1 Å². The highest BCUT2D eigenvalue weighted by molar-refractivity contribution is 5.89. The van der Waals surface area contributed by atoms with E-state index in [9.17, 15) is 13.2 Å². The van der Waals surface area contributed by atoms with Crippen LogP contribution in [0, 0.1) is 6.92 Å². The Morgan fingerprint density at radius 2 is 1.92 bits per heavy atom. The molecule has 1 aromatic heterocycles. The van der Waals surface area contributed by atoms with Crippen LogP contribution in [0.2, 0.25) is 0 Å². The number of ether oxygens (including phenoxy) is 1. The predicted octanol–water partition coefficient (Wildman–Crippen LogP) is 4.49. The lowest BCUT2D eigenvalue weighted by molar-refractivity contribution is -0.153. The molecule has 7 heteroatoms. The number of alkyl halides is 3. The summed E-state index contributed by atoms with van der Waals surface area (Å²) < 4.78 is 41.5. The molecular formula is C18H16F3N3O. The van der Waals surface area contributed by atoms with Crippen LogP contribution in [0.1, 0.15) is 11.1 Å².